The summed E-state index contributed by atoms with van der Waals surface area (Å²) in [4.78, 5) is 50.3. The van der Waals surface area contributed by atoms with Crippen molar-refractivity contribution in [2.45, 2.75) is 58.7 Å². The Labute approximate surface area is 267 Å². The molecule has 11 nitrogen and oxygen atoms in total. The number of rotatable bonds is 9. The van der Waals surface area contributed by atoms with Crippen molar-refractivity contribution < 1.29 is 23.5 Å². The molecule has 1 fully saturated rings. The Morgan fingerprint density at radius 1 is 1.16 bits per heavy atom. The van der Waals surface area contributed by atoms with Crippen molar-refractivity contribution in [3.63, 3.8) is 0 Å². The number of nitrogens with zero attached hydrogens (tertiary/aromatic N) is 3. The Bertz CT molecular complexity index is 1540. The molecule has 4 N–H and O–H groups in total. The smallest absolute Gasteiger partial charge is 0.247 e. The van der Waals surface area contributed by atoms with Crippen LogP contribution in [0.2, 0.25) is 5.02 Å². The molecule has 3 aromatic rings. The maximum Gasteiger partial charge on any atom is 0.247 e. The highest BCUT2D eigenvalue weighted by Gasteiger charge is 2.42. The van der Waals surface area contributed by atoms with Gasteiger partial charge >= 0.3 is 0 Å². The van der Waals surface area contributed by atoms with Crippen LogP contribution in [-0.4, -0.2) is 71.4 Å². The van der Waals surface area contributed by atoms with Crippen molar-refractivity contribution in [1.29, 1.82) is 0 Å². The van der Waals surface area contributed by atoms with Crippen molar-refractivity contribution in [3.05, 3.63) is 47.5 Å². The fourth-order valence-electron chi connectivity index (χ4n) is 4.89. The van der Waals surface area contributed by atoms with E-state index in [1.807, 2.05) is 20.8 Å². The number of nitrogens with one attached hydrogen (secondary N) is 4. The van der Waals surface area contributed by atoms with Crippen LogP contribution in [0.15, 0.2) is 36.7 Å². The molecule has 1 aromatic heterocycles. The van der Waals surface area contributed by atoms with Crippen LogP contribution < -0.4 is 26.0 Å². The van der Waals surface area contributed by atoms with E-state index in [0.717, 1.165) is 0 Å². The number of fused-ring (bicyclic) bond motifs is 1. The number of methoxy groups -OCH3 is 1. The minimum absolute atomic E-state index is 0. The van der Waals surface area contributed by atoms with Gasteiger partial charge in [0.15, 0.2) is 0 Å². The highest BCUT2D eigenvalue weighted by molar-refractivity contribution is 6.31. The van der Waals surface area contributed by atoms with Gasteiger partial charge in [-0.15, -0.1) is 12.4 Å². The average molecular weight is 651 g/mol. The normalized spacial score (nSPS) is 16.1. The zero-order valence-corrected chi connectivity index (χ0v) is 27.0. The molecule has 0 unspecified atom stereocenters. The molecule has 0 radical (unpaired) electrons. The molecular formula is C30H38Cl2FN7O4. The van der Waals surface area contributed by atoms with E-state index >= 15 is 0 Å². The molecule has 1 saturated heterocycles. The quantitative estimate of drug-likeness (QED) is 0.263. The number of ether oxygens (including phenoxy) is 1. The highest BCUT2D eigenvalue weighted by atomic mass is 35.5. The van der Waals surface area contributed by atoms with Gasteiger partial charge in [0.2, 0.25) is 17.7 Å². The maximum absolute atomic E-state index is 13.8. The lowest BCUT2D eigenvalue weighted by Gasteiger charge is -2.36. The van der Waals surface area contributed by atoms with Gasteiger partial charge in [-0.2, -0.15) is 0 Å². The lowest BCUT2D eigenvalue weighted by atomic mass is 9.85. The summed E-state index contributed by atoms with van der Waals surface area (Å²) in [6.07, 6.45) is 2.47. The van der Waals surface area contributed by atoms with Gasteiger partial charge in [0.05, 0.1) is 29.4 Å². The fourth-order valence-corrected chi connectivity index (χ4v) is 5.07. The summed E-state index contributed by atoms with van der Waals surface area (Å²) in [5.74, 6) is -0.771. The molecule has 1 aliphatic rings. The minimum Gasteiger partial charge on any atom is -0.494 e. The van der Waals surface area contributed by atoms with E-state index < -0.39 is 29.4 Å². The van der Waals surface area contributed by atoms with Crippen LogP contribution in [0.5, 0.6) is 5.75 Å². The van der Waals surface area contributed by atoms with Gasteiger partial charge in [-0.3, -0.25) is 14.4 Å². The summed E-state index contributed by atoms with van der Waals surface area (Å²) in [6.45, 7) is 7.72. The second-order valence-electron chi connectivity index (χ2n) is 11.5. The maximum atomic E-state index is 13.8. The van der Waals surface area contributed by atoms with Gasteiger partial charge < -0.3 is 30.9 Å². The third-order valence-electron chi connectivity index (χ3n) is 7.46. The molecule has 0 spiro atoms. The van der Waals surface area contributed by atoms with E-state index in [-0.39, 0.29) is 35.2 Å². The van der Waals surface area contributed by atoms with Crippen LogP contribution in [0, 0.1) is 11.2 Å². The number of carbonyl (C=O) groups excluding carboxylic acids is 3. The summed E-state index contributed by atoms with van der Waals surface area (Å²) in [6, 6.07) is 5.49. The third-order valence-corrected chi connectivity index (χ3v) is 7.75. The van der Waals surface area contributed by atoms with E-state index in [1.54, 1.807) is 26.1 Å². The molecule has 0 aliphatic carbocycles. The Kier molecular flexibility index (Phi) is 11.3. The molecule has 14 heteroatoms. The van der Waals surface area contributed by atoms with Crippen LogP contribution in [0.1, 0.15) is 40.5 Å². The van der Waals surface area contributed by atoms with Crippen LogP contribution in [0.4, 0.5) is 21.6 Å². The number of aromatic nitrogens is 2. The lowest BCUT2D eigenvalue weighted by molar-refractivity contribution is -0.143. The second-order valence-corrected chi connectivity index (χ2v) is 11.9. The van der Waals surface area contributed by atoms with E-state index in [9.17, 15) is 18.8 Å². The molecule has 44 heavy (non-hydrogen) atoms. The van der Waals surface area contributed by atoms with Crippen molar-refractivity contribution in [1.82, 2.24) is 25.5 Å². The van der Waals surface area contributed by atoms with E-state index in [2.05, 4.69) is 31.2 Å². The van der Waals surface area contributed by atoms with E-state index in [4.69, 9.17) is 16.3 Å². The summed E-state index contributed by atoms with van der Waals surface area (Å²) in [5, 5.41) is 12.3. The lowest BCUT2D eigenvalue weighted by Crippen LogP contribution is -2.59. The summed E-state index contributed by atoms with van der Waals surface area (Å²) in [5.41, 5.74) is 0.817. The zero-order valence-electron chi connectivity index (χ0n) is 25.5. The Morgan fingerprint density at radius 2 is 1.89 bits per heavy atom. The zero-order chi connectivity index (χ0) is 31.5. The number of carbonyl (C=O) groups is 3. The van der Waals surface area contributed by atoms with Crippen LogP contribution in [0.3, 0.4) is 0 Å². The second kappa shape index (κ2) is 14.4. The first kappa shape index (κ1) is 34.7. The third kappa shape index (κ3) is 7.66. The van der Waals surface area contributed by atoms with Gasteiger partial charge in [-0.05, 0) is 56.5 Å². The summed E-state index contributed by atoms with van der Waals surface area (Å²) < 4.78 is 19.2. The first-order chi connectivity index (χ1) is 20.3. The first-order valence-electron chi connectivity index (χ1n) is 14.0. The number of anilines is 3. The Morgan fingerprint density at radius 3 is 2.52 bits per heavy atom. The van der Waals surface area contributed by atoms with Gasteiger partial charge in [0, 0.05) is 23.7 Å². The van der Waals surface area contributed by atoms with Gasteiger partial charge in [0.1, 0.15) is 35.8 Å². The summed E-state index contributed by atoms with van der Waals surface area (Å²) >= 11 is 5.94. The van der Waals surface area contributed by atoms with E-state index in [1.165, 1.54) is 36.5 Å². The van der Waals surface area contributed by atoms with Crippen molar-refractivity contribution in [3.8, 4) is 5.75 Å². The molecule has 2 heterocycles. The predicted octanol–water partition coefficient (Wildman–Crippen LogP) is 4.66. The molecule has 0 bridgehead atoms. The Hall–Kier alpha value is -3.74. The highest BCUT2D eigenvalue weighted by Crippen LogP contribution is 2.34. The topological polar surface area (TPSA) is 138 Å². The SMILES string of the molecule is CN[C@@H](C)C(=O)N[C@H](C(=O)N1CCC[C@H]1C(=O)Nc1cc2c(Nc3ccc(F)c(Cl)c3)ncnc2cc1OC)C(C)(C)C.Cl. The van der Waals surface area contributed by atoms with Gasteiger partial charge in [-0.1, -0.05) is 32.4 Å². The monoisotopic (exact) mass is 649 g/mol. The van der Waals surface area contributed by atoms with Crippen LogP contribution in [-0.2, 0) is 14.4 Å². The van der Waals surface area contributed by atoms with Gasteiger partial charge in [0.25, 0.3) is 0 Å². The molecule has 3 amide bonds. The van der Waals surface area contributed by atoms with Crippen LogP contribution >= 0.6 is 24.0 Å². The molecule has 4 rings (SSSR count). The number of benzene rings is 2. The molecular weight excluding hydrogens is 612 g/mol. The largest absolute Gasteiger partial charge is 0.494 e. The minimum atomic E-state index is -0.829. The molecule has 1 aliphatic heterocycles. The number of hydrogen-bond donors (Lipinski definition) is 4. The van der Waals surface area contributed by atoms with Crippen molar-refractivity contribution in [2.75, 3.05) is 31.3 Å². The summed E-state index contributed by atoms with van der Waals surface area (Å²) in [7, 11) is 3.15. The number of likely N-dealkylation sites (N-methyl/N-ethyl adjacent to an activating group) is 1. The molecule has 2 aromatic carbocycles. The van der Waals surface area contributed by atoms with Gasteiger partial charge in [-0.25, -0.2) is 14.4 Å². The molecule has 3 atom stereocenters. The number of likely N-dealkylation sites (tertiary alicyclic amines) is 1. The number of halogens is 3. The van der Waals surface area contributed by atoms with Crippen molar-refractivity contribution >= 4 is 69.8 Å². The predicted molar refractivity (Wildman–Crippen MR) is 171 cm³/mol. The van der Waals surface area contributed by atoms with Crippen LogP contribution in [0.25, 0.3) is 10.9 Å². The Balaban J connectivity index is 0.00000529. The fraction of sp³-hybridized carbons (Fsp3) is 0.433. The molecule has 0 saturated carbocycles. The standard InChI is InChI=1S/C30H37ClFN7O4.ClH/c1-16(33-5)27(40)38-25(30(2,3)4)29(42)39-11-7-8-23(39)28(41)37-22-13-18-21(14-24(22)43-6)34-15-35-26(18)36-17-9-10-20(32)19(31)12-17;/h9-10,12-16,23,25,33H,7-8,11H2,1-6H3,(H,37,41)(H,38,40)(H,34,35,36);1H/t16-,23-,25+;/m0./s1. The van der Waals surface area contributed by atoms with E-state index in [0.29, 0.717) is 53.2 Å². The average Bonchev–Trinajstić information content (AvgIpc) is 3.46. The van der Waals surface area contributed by atoms with Crippen molar-refractivity contribution in [2.24, 2.45) is 5.41 Å². The first-order valence-corrected chi connectivity index (χ1v) is 14.4. The molecule has 238 valence electrons. The number of amides is 3. The number of hydrogen-bond acceptors (Lipinski definition) is 8.